The second kappa shape index (κ2) is 6.41. The third-order valence-corrected chi connectivity index (χ3v) is 4.00. The van der Waals surface area contributed by atoms with Crippen LogP contribution in [0.1, 0.15) is 25.3 Å². The lowest BCUT2D eigenvalue weighted by atomic mass is 10.1. The molecule has 1 aliphatic rings. The number of nitrogens with zero attached hydrogens (tertiary/aromatic N) is 1. The average molecular weight is 285 g/mol. The van der Waals surface area contributed by atoms with Gasteiger partial charge >= 0.3 is 0 Å². The summed E-state index contributed by atoms with van der Waals surface area (Å²) in [5.41, 5.74) is 1.27. The van der Waals surface area contributed by atoms with Gasteiger partial charge in [0.25, 0.3) is 0 Å². The molecule has 1 aromatic carbocycles. The number of hydrogen-bond donors (Lipinski definition) is 2. The molecule has 0 aliphatic heterocycles. The van der Waals surface area contributed by atoms with Gasteiger partial charge < -0.3 is 15.4 Å². The van der Waals surface area contributed by atoms with Crippen molar-refractivity contribution in [3.8, 4) is 0 Å². The molecule has 1 saturated carbocycles. The highest BCUT2D eigenvalue weighted by atomic mass is 16.5. The van der Waals surface area contributed by atoms with Gasteiger partial charge in [0.1, 0.15) is 5.82 Å². The van der Waals surface area contributed by atoms with Crippen molar-refractivity contribution in [2.75, 3.05) is 19.0 Å². The number of methoxy groups -OCH3 is 1. The first-order valence-electron chi connectivity index (χ1n) is 7.64. The number of aromatic nitrogens is 1. The Hall–Kier alpha value is -1.65. The number of fused-ring (bicyclic) bond motifs is 1. The first kappa shape index (κ1) is 14.3. The van der Waals surface area contributed by atoms with Gasteiger partial charge in [0.15, 0.2) is 0 Å². The lowest BCUT2D eigenvalue weighted by Crippen LogP contribution is -2.19. The Kier molecular flexibility index (Phi) is 4.36. The molecule has 1 fully saturated rings. The van der Waals surface area contributed by atoms with Crippen LogP contribution in [0.25, 0.3) is 10.8 Å². The maximum absolute atomic E-state index is 5.28. The Balaban J connectivity index is 1.82. The quantitative estimate of drug-likeness (QED) is 0.821. The minimum absolute atomic E-state index is 0.168. The van der Waals surface area contributed by atoms with E-state index in [0.29, 0.717) is 6.04 Å². The summed E-state index contributed by atoms with van der Waals surface area (Å²) in [6, 6.07) is 9.16. The van der Waals surface area contributed by atoms with Gasteiger partial charge in [0, 0.05) is 37.8 Å². The fraction of sp³-hybridized carbons (Fsp3) is 0.471. The number of benzene rings is 1. The zero-order chi connectivity index (χ0) is 14.7. The molecule has 0 saturated heterocycles. The first-order valence-corrected chi connectivity index (χ1v) is 7.64. The molecule has 2 aromatic rings. The largest absolute Gasteiger partial charge is 0.380 e. The molecule has 1 aliphatic carbocycles. The normalized spacial score (nSPS) is 16.1. The molecule has 3 rings (SSSR count). The first-order chi connectivity index (χ1) is 10.3. The molecule has 0 bridgehead atoms. The van der Waals surface area contributed by atoms with Crippen molar-refractivity contribution in [2.24, 2.45) is 0 Å². The van der Waals surface area contributed by atoms with Crippen molar-refractivity contribution in [1.82, 2.24) is 10.3 Å². The van der Waals surface area contributed by atoms with E-state index in [1.165, 1.54) is 29.2 Å². The maximum atomic E-state index is 5.28. The number of ether oxygens (including phenoxy) is 1. The lowest BCUT2D eigenvalue weighted by Gasteiger charge is -2.15. The Morgan fingerprint density at radius 1 is 1.29 bits per heavy atom. The van der Waals surface area contributed by atoms with E-state index in [0.717, 1.165) is 18.9 Å². The van der Waals surface area contributed by atoms with Crippen LogP contribution < -0.4 is 10.6 Å². The Morgan fingerprint density at radius 2 is 2.05 bits per heavy atom. The molecule has 21 heavy (non-hydrogen) atoms. The minimum atomic E-state index is 0.168. The summed E-state index contributed by atoms with van der Waals surface area (Å²) < 4.78 is 5.28. The van der Waals surface area contributed by atoms with E-state index in [4.69, 9.17) is 4.74 Å². The topological polar surface area (TPSA) is 46.2 Å². The molecule has 0 radical (unpaired) electrons. The van der Waals surface area contributed by atoms with Crippen LogP contribution in [0.4, 0.5) is 5.82 Å². The zero-order valence-corrected chi connectivity index (χ0v) is 12.7. The fourth-order valence-corrected chi connectivity index (χ4v) is 2.40. The standard InChI is InChI=1S/C17H23N3O/c1-12(21-2)9-19-17-16-6-4-3-5-15(16)13(11-20-17)10-18-14-7-8-14/h3-6,11-12,14,18H,7-10H2,1-2H3,(H,19,20). The molecule has 1 atom stereocenters. The minimum Gasteiger partial charge on any atom is -0.380 e. The molecule has 0 amide bonds. The number of anilines is 1. The van der Waals surface area contributed by atoms with E-state index >= 15 is 0 Å². The highest BCUT2D eigenvalue weighted by Gasteiger charge is 2.20. The van der Waals surface area contributed by atoms with E-state index < -0.39 is 0 Å². The third-order valence-electron chi connectivity index (χ3n) is 4.00. The average Bonchev–Trinajstić information content (AvgIpc) is 3.35. The van der Waals surface area contributed by atoms with Crippen LogP contribution in [0.15, 0.2) is 30.5 Å². The summed E-state index contributed by atoms with van der Waals surface area (Å²) in [7, 11) is 1.73. The van der Waals surface area contributed by atoms with E-state index in [9.17, 15) is 0 Å². The van der Waals surface area contributed by atoms with E-state index in [1.54, 1.807) is 7.11 Å². The summed E-state index contributed by atoms with van der Waals surface area (Å²) in [6.07, 6.45) is 4.76. The van der Waals surface area contributed by atoms with Crippen molar-refractivity contribution in [3.05, 3.63) is 36.0 Å². The van der Waals surface area contributed by atoms with Gasteiger partial charge in [0.2, 0.25) is 0 Å². The lowest BCUT2D eigenvalue weighted by molar-refractivity contribution is 0.128. The summed E-state index contributed by atoms with van der Waals surface area (Å²) in [5.74, 6) is 0.935. The van der Waals surface area contributed by atoms with Crippen LogP contribution in [0.3, 0.4) is 0 Å². The van der Waals surface area contributed by atoms with E-state index in [1.807, 2.05) is 13.1 Å². The number of rotatable bonds is 7. The van der Waals surface area contributed by atoms with Gasteiger partial charge in [-0.3, -0.25) is 0 Å². The van der Waals surface area contributed by atoms with Crippen molar-refractivity contribution in [1.29, 1.82) is 0 Å². The third kappa shape index (κ3) is 3.52. The molecule has 2 N–H and O–H groups in total. The molecule has 112 valence electrons. The summed E-state index contributed by atoms with van der Waals surface area (Å²) in [4.78, 5) is 4.60. The predicted octanol–water partition coefficient (Wildman–Crippen LogP) is 2.93. The van der Waals surface area contributed by atoms with Crippen molar-refractivity contribution >= 4 is 16.6 Å². The second-order valence-electron chi connectivity index (χ2n) is 5.76. The van der Waals surface area contributed by atoms with Gasteiger partial charge in [-0.1, -0.05) is 24.3 Å². The number of pyridine rings is 1. The van der Waals surface area contributed by atoms with Gasteiger partial charge in [-0.25, -0.2) is 4.98 Å². The van der Waals surface area contributed by atoms with Crippen molar-refractivity contribution in [3.63, 3.8) is 0 Å². The highest BCUT2D eigenvalue weighted by molar-refractivity contribution is 5.94. The Bertz CT molecular complexity index is 610. The molecule has 0 spiro atoms. The van der Waals surface area contributed by atoms with Crippen LogP contribution in [0, 0.1) is 0 Å². The van der Waals surface area contributed by atoms with Crippen LogP contribution in [-0.4, -0.2) is 30.8 Å². The van der Waals surface area contributed by atoms with Gasteiger partial charge in [-0.15, -0.1) is 0 Å². The van der Waals surface area contributed by atoms with Crippen LogP contribution in [-0.2, 0) is 11.3 Å². The molecule has 4 heteroatoms. The molecular weight excluding hydrogens is 262 g/mol. The Morgan fingerprint density at radius 3 is 2.76 bits per heavy atom. The predicted molar refractivity (Wildman–Crippen MR) is 86.6 cm³/mol. The molecule has 4 nitrogen and oxygen atoms in total. The molecular formula is C17H23N3O. The van der Waals surface area contributed by atoms with Crippen molar-refractivity contribution in [2.45, 2.75) is 38.5 Å². The van der Waals surface area contributed by atoms with Crippen LogP contribution >= 0.6 is 0 Å². The summed E-state index contributed by atoms with van der Waals surface area (Å²) in [5, 5.41) is 9.40. The molecule has 1 unspecified atom stereocenters. The van der Waals surface area contributed by atoms with Crippen LogP contribution in [0.2, 0.25) is 0 Å². The van der Waals surface area contributed by atoms with Gasteiger partial charge in [0.05, 0.1) is 6.10 Å². The van der Waals surface area contributed by atoms with Gasteiger partial charge in [-0.2, -0.15) is 0 Å². The highest BCUT2D eigenvalue weighted by Crippen LogP contribution is 2.26. The van der Waals surface area contributed by atoms with Crippen molar-refractivity contribution < 1.29 is 4.74 Å². The molecule has 1 heterocycles. The van der Waals surface area contributed by atoms with Gasteiger partial charge in [-0.05, 0) is 30.7 Å². The van der Waals surface area contributed by atoms with E-state index in [-0.39, 0.29) is 6.10 Å². The number of nitrogens with one attached hydrogen (secondary N) is 2. The smallest absolute Gasteiger partial charge is 0.133 e. The maximum Gasteiger partial charge on any atom is 0.133 e. The fourth-order valence-electron chi connectivity index (χ4n) is 2.40. The van der Waals surface area contributed by atoms with E-state index in [2.05, 4.69) is 39.9 Å². The monoisotopic (exact) mass is 285 g/mol. The summed E-state index contributed by atoms with van der Waals surface area (Å²) >= 11 is 0. The Labute approximate surface area is 125 Å². The molecule has 1 aromatic heterocycles. The summed E-state index contributed by atoms with van der Waals surface area (Å²) in [6.45, 7) is 3.70. The number of hydrogen-bond acceptors (Lipinski definition) is 4. The zero-order valence-electron chi connectivity index (χ0n) is 12.7. The van der Waals surface area contributed by atoms with Crippen LogP contribution in [0.5, 0.6) is 0 Å². The SMILES string of the molecule is COC(C)CNc1ncc(CNC2CC2)c2ccccc12. The second-order valence-corrected chi connectivity index (χ2v) is 5.76.